The van der Waals surface area contributed by atoms with Gasteiger partial charge in [-0.15, -0.1) is 0 Å². The van der Waals surface area contributed by atoms with E-state index in [0.29, 0.717) is 0 Å². The van der Waals surface area contributed by atoms with Crippen molar-refractivity contribution in [3.8, 4) is 0 Å². The van der Waals surface area contributed by atoms with Crippen LogP contribution in [0.1, 0.15) is 11.1 Å². The fourth-order valence-electron chi connectivity index (χ4n) is 0.717. The lowest BCUT2D eigenvalue weighted by atomic mass is 10.2. The third-order valence-corrected chi connectivity index (χ3v) is 2.07. The minimum absolute atomic E-state index is 0.785. The molecular formula is C7H7BrN2O. The summed E-state index contributed by atoms with van der Waals surface area (Å²) in [5, 5.41) is 11.1. The van der Waals surface area contributed by atoms with Gasteiger partial charge in [-0.25, -0.2) is 4.98 Å². The van der Waals surface area contributed by atoms with Crippen LogP contribution in [-0.2, 0) is 0 Å². The van der Waals surface area contributed by atoms with E-state index in [-0.39, 0.29) is 0 Å². The van der Waals surface area contributed by atoms with Crippen LogP contribution in [0.25, 0.3) is 0 Å². The molecule has 4 heteroatoms. The number of rotatable bonds is 1. The van der Waals surface area contributed by atoms with Crippen LogP contribution in [0, 0.1) is 6.92 Å². The van der Waals surface area contributed by atoms with Crippen LogP contribution in [0.15, 0.2) is 22.0 Å². The first-order chi connectivity index (χ1) is 5.24. The molecule has 1 N–H and O–H groups in total. The van der Waals surface area contributed by atoms with Crippen LogP contribution in [0.5, 0.6) is 0 Å². The summed E-state index contributed by atoms with van der Waals surface area (Å²) in [5.74, 6) is 0. The zero-order valence-electron chi connectivity index (χ0n) is 5.95. The van der Waals surface area contributed by atoms with Crippen molar-refractivity contribution in [1.29, 1.82) is 0 Å². The molecule has 0 saturated carbocycles. The van der Waals surface area contributed by atoms with Crippen molar-refractivity contribution in [2.24, 2.45) is 5.16 Å². The smallest absolute Gasteiger partial charge is 0.109 e. The van der Waals surface area contributed by atoms with E-state index in [1.54, 1.807) is 6.20 Å². The predicted molar refractivity (Wildman–Crippen MR) is 46.1 cm³/mol. The van der Waals surface area contributed by atoms with Gasteiger partial charge in [0, 0.05) is 11.8 Å². The summed E-state index contributed by atoms with van der Waals surface area (Å²) in [5.41, 5.74) is 1.80. The topological polar surface area (TPSA) is 45.5 Å². The van der Waals surface area contributed by atoms with Gasteiger partial charge < -0.3 is 5.21 Å². The van der Waals surface area contributed by atoms with Crippen molar-refractivity contribution in [3.05, 3.63) is 28.0 Å². The molecule has 0 atom stereocenters. The van der Waals surface area contributed by atoms with Gasteiger partial charge in [-0.2, -0.15) is 0 Å². The van der Waals surface area contributed by atoms with Crippen molar-refractivity contribution < 1.29 is 5.21 Å². The third-order valence-electron chi connectivity index (χ3n) is 1.24. The van der Waals surface area contributed by atoms with E-state index in [2.05, 4.69) is 26.1 Å². The Hall–Kier alpha value is -0.900. The number of nitrogens with zero attached hydrogens (tertiary/aromatic N) is 2. The molecule has 0 fully saturated rings. The third kappa shape index (κ3) is 2.01. The second-order valence-electron chi connectivity index (χ2n) is 2.12. The van der Waals surface area contributed by atoms with E-state index in [4.69, 9.17) is 5.21 Å². The highest BCUT2D eigenvalue weighted by atomic mass is 79.9. The summed E-state index contributed by atoms with van der Waals surface area (Å²) < 4.78 is 0.813. The second-order valence-corrected chi connectivity index (χ2v) is 2.87. The van der Waals surface area contributed by atoms with Crippen LogP contribution < -0.4 is 0 Å². The fourth-order valence-corrected chi connectivity index (χ4v) is 0.934. The SMILES string of the molecule is Cc1cc(/C=N\O)cnc1Br. The van der Waals surface area contributed by atoms with Gasteiger partial charge in [-0.3, -0.25) is 0 Å². The first-order valence-electron chi connectivity index (χ1n) is 3.03. The molecular weight excluding hydrogens is 208 g/mol. The molecule has 0 spiro atoms. The summed E-state index contributed by atoms with van der Waals surface area (Å²) in [6, 6.07) is 1.87. The number of hydrogen-bond acceptors (Lipinski definition) is 3. The number of oxime groups is 1. The second kappa shape index (κ2) is 3.48. The predicted octanol–water partition coefficient (Wildman–Crippen LogP) is 1.96. The average molecular weight is 215 g/mol. The lowest BCUT2D eigenvalue weighted by molar-refractivity contribution is 0.322. The molecule has 0 aliphatic rings. The van der Waals surface area contributed by atoms with E-state index in [9.17, 15) is 0 Å². The Kier molecular flexibility index (Phi) is 2.59. The maximum atomic E-state index is 8.21. The van der Waals surface area contributed by atoms with Crippen LogP contribution >= 0.6 is 15.9 Å². The molecule has 0 aliphatic carbocycles. The summed E-state index contributed by atoms with van der Waals surface area (Å²) in [6.45, 7) is 1.92. The Labute approximate surface area is 72.9 Å². The molecule has 3 nitrogen and oxygen atoms in total. The molecule has 11 heavy (non-hydrogen) atoms. The van der Waals surface area contributed by atoms with E-state index < -0.39 is 0 Å². The van der Waals surface area contributed by atoms with Crippen molar-refractivity contribution in [2.75, 3.05) is 0 Å². The monoisotopic (exact) mass is 214 g/mol. The van der Waals surface area contributed by atoms with Gasteiger partial charge in [0.15, 0.2) is 0 Å². The molecule has 0 aromatic carbocycles. The number of pyridine rings is 1. The van der Waals surface area contributed by atoms with Crippen LogP contribution in [0.3, 0.4) is 0 Å². The summed E-state index contributed by atoms with van der Waals surface area (Å²) in [4.78, 5) is 4.01. The summed E-state index contributed by atoms with van der Waals surface area (Å²) >= 11 is 3.26. The standard InChI is InChI=1S/C7H7BrN2O/c1-5-2-6(4-10-11)3-9-7(5)8/h2-4,11H,1H3/b10-4-. The van der Waals surface area contributed by atoms with Crippen LogP contribution in [-0.4, -0.2) is 16.4 Å². The highest BCUT2D eigenvalue weighted by Gasteiger charge is 1.95. The van der Waals surface area contributed by atoms with Crippen LogP contribution in [0.2, 0.25) is 0 Å². The molecule has 1 heterocycles. The Balaban J connectivity index is 3.05. The van der Waals surface area contributed by atoms with Crippen molar-refractivity contribution in [3.63, 3.8) is 0 Å². The molecule has 1 aromatic heterocycles. The molecule has 58 valence electrons. The molecule has 1 aromatic rings. The van der Waals surface area contributed by atoms with Crippen molar-refractivity contribution in [1.82, 2.24) is 4.98 Å². The Morgan fingerprint density at radius 1 is 1.73 bits per heavy atom. The first kappa shape index (κ1) is 8.20. The van der Waals surface area contributed by atoms with Crippen molar-refractivity contribution in [2.45, 2.75) is 6.92 Å². The van der Waals surface area contributed by atoms with Gasteiger partial charge in [0.05, 0.1) is 6.21 Å². The van der Waals surface area contributed by atoms with E-state index in [1.807, 2.05) is 13.0 Å². The maximum absolute atomic E-state index is 8.21. The molecule has 0 radical (unpaired) electrons. The van der Waals surface area contributed by atoms with Gasteiger partial charge in [-0.05, 0) is 34.5 Å². The average Bonchev–Trinajstić information content (AvgIpc) is 1.98. The number of halogens is 1. The zero-order valence-corrected chi connectivity index (χ0v) is 7.54. The van der Waals surface area contributed by atoms with Gasteiger partial charge in [-0.1, -0.05) is 5.16 Å². The number of aromatic nitrogens is 1. The lowest BCUT2D eigenvalue weighted by Gasteiger charge is -1.96. The highest BCUT2D eigenvalue weighted by Crippen LogP contribution is 2.12. The lowest BCUT2D eigenvalue weighted by Crippen LogP contribution is -1.87. The number of hydrogen-bond donors (Lipinski definition) is 1. The number of aryl methyl sites for hydroxylation is 1. The molecule has 0 unspecified atom stereocenters. The zero-order chi connectivity index (χ0) is 8.27. The Bertz CT molecular complexity index is 286. The normalized spacial score (nSPS) is 10.7. The molecule has 1 rings (SSSR count). The van der Waals surface area contributed by atoms with E-state index >= 15 is 0 Å². The minimum Gasteiger partial charge on any atom is -0.411 e. The highest BCUT2D eigenvalue weighted by molar-refractivity contribution is 9.10. The molecule has 0 aliphatic heterocycles. The van der Waals surface area contributed by atoms with Crippen molar-refractivity contribution >= 4 is 22.1 Å². The minimum atomic E-state index is 0.785. The largest absolute Gasteiger partial charge is 0.411 e. The van der Waals surface area contributed by atoms with Crippen LogP contribution in [0.4, 0.5) is 0 Å². The quantitative estimate of drug-likeness (QED) is 0.337. The molecule has 0 saturated heterocycles. The maximum Gasteiger partial charge on any atom is 0.109 e. The Morgan fingerprint density at radius 3 is 3.00 bits per heavy atom. The molecule has 0 amide bonds. The first-order valence-corrected chi connectivity index (χ1v) is 3.83. The van der Waals surface area contributed by atoms with Gasteiger partial charge in [0.2, 0.25) is 0 Å². The summed E-state index contributed by atoms with van der Waals surface area (Å²) in [7, 11) is 0. The molecule has 0 bridgehead atoms. The van der Waals surface area contributed by atoms with E-state index in [0.717, 1.165) is 15.7 Å². The van der Waals surface area contributed by atoms with Gasteiger partial charge in [0.25, 0.3) is 0 Å². The Morgan fingerprint density at radius 2 is 2.45 bits per heavy atom. The van der Waals surface area contributed by atoms with E-state index in [1.165, 1.54) is 6.21 Å². The van der Waals surface area contributed by atoms with Gasteiger partial charge >= 0.3 is 0 Å². The summed E-state index contributed by atoms with van der Waals surface area (Å²) in [6.07, 6.45) is 2.96. The fraction of sp³-hybridized carbons (Fsp3) is 0.143. The van der Waals surface area contributed by atoms with Gasteiger partial charge in [0.1, 0.15) is 4.60 Å².